The lowest BCUT2D eigenvalue weighted by molar-refractivity contribution is 0.441. The van der Waals surface area contributed by atoms with Gasteiger partial charge in [0.1, 0.15) is 0 Å². The minimum absolute atomic E-state index is 0.577. The minimum Gasteiger partial charge on any atom is -0.330 e. The van der Waals surface area contributed by atoms with Crippen LogP contribution in [0.2, 0.25) is 0 Å². The van der Waals surface area contributed by atoms with E-state index in [-0.39, 0.29) is 0 Å². The van der Waals surface area contributed by atoms with Crippen LogP contribution in [0.1, 0.15) is 24.3 Å². The van der Waals surface area contributed by atoms with E-state index in [2.05, 4.69) is 24.3 Å². The standard InChI is InChI=1S/C12H15NS/c13-7-10-9-3-1-2-4-11(9)14-8-12(10)5-6-12/h1-4,10H,5-8,13H2. The molecule has 1 aromatic carbocycles. The van der Waals surface area contributed by atoms with E-state index >= 15 is 0 Å². The summed E-state index contributed by atoms with van der Waals surface area (Å²) in [7, 11) is 0. The Morgan fingerprint density at radius 3 is 2.86 bits per heavy atom. The average molecular weight is 205 g/mol. The highest BCUT2D eigenvalue weighted by Crippen LogP contribution is 2.61. The molecule has 1 aromatic rings. The Hall–Kier alpha value is -0.470. The fourth-order valence-corrected chi connectivity index (χ4v) is 4.07. The largest absolute Gasteiger partial charge is 0.330 e. The maximum atomic E-state index is 5.92. The first kappa shape index (κ1) is 8.81. The molecule has 1 aliphatic heterocycles. The summed E-state index contributed by atoms with van der Waals surface area (Å²) < 4.78 is 0. The van der Waals surface area contributed by atoms with E-state index < -0.39 is 0 Å². The summed E-state index contributed by atoms with van der Waals surface area (Å²) in [6, 6.07) is 8.77. The van der Waals surface area contributed by atoms with E-state index in [4.69, 9.17) is 5.73 Å². The molecule has 0 bridgehead atoms. The first-order valence-electron chi connectivity index (χ1n) is 5.27. The van der Waals surface area contributed by atoms with Crippen molar-refractivity contribution in [1.29, 1.82) is 0 Å². The van der Waals surface area contributed by atoms with E-state index in [0.717, 1.165) is 6.54 Å². The molecule has 2 heteroatoms. The zero-order chi connectivity index (χ0) is 9.60. The van der Waals surface area contributed by atoms with Crippen LogP contribution in [0.3, 0.4) is 0 Å². The lowest BCUT2D eigenvalue weighted by atomic mass is 9.84. The molecule has 1 heterocycles. The molecule has 0 saturated heterocycles. The van der Waals surface area contributed by atoms with Gasteiger partial charge in [0.25, 0.3) is 0 Å². The molecule has 0 amide bonds. The van der Waals surface area contributed by atoms with Crippen molar-refractivity contribution in [1.82, 2.24) is 0 Å². The maximum Gasteiger partial charge on any atom is 0.0108 e. The predicted molar refractivity (Wildman–Crippen MR) is 60.6 cm³/mol. The quantitative estimate of drug-likeness (QED) is 0.762. The molecule has 1 aliphatic carbocycles. The SMILES string of the molecule is NCC1c2ccccc2SCC12CC2. The fourth-order valence-electron chi connectivity index (χ4n) is 2.58. The van der Waals surface area contributed by atoms with Crippen LogP contribution in [0.5, 0.6) is 0 Å². The van der Waals surface area contributed by atoms with Crippen molar-refractivity contribution >= 4 is 11.8 Å². The lowest BCUT2D eigenvalue weighted by Gasteiger charge is -2.32. The molecule has 1 spiro atoms. The summed E-state index contributed by atoms with van der Waals surface area (Å²) in [6.45, 7) is 0.817. The summed E-state index contributed by atoms with van der Waals surface area (Å²) in [5, 5.41) is 0. The van der Waals surface area contributed by atoms with Crippen LogP contribution in [0.4, 0.5) is 0 Å². The third kappa shape index (κ3) is 1.14. The molecule has 1 fully saturated rings. The zero-order valence-electron chi connectivity index (χ0n) is 8.20. The van der Waals surface area contributed by atoms with E-state index in [1.807, 2.05) is 11.8 Å². The van der Waals surface area contributed by atoms with Crippen LogP contribution in [0.25, 0.3) is 0 Å². The van der Waals surface area contributed by atoms with Gasteiger partial charge in [-0.15, -0.1) is 11.8 Å². The molecule has 1 unspecified atom stereocenters. The number of thioether (sulfide) groups is 1. The number of rotatable bonds is 1. The fraction of sp³-hybridized carbons (Fsp3) is 0.500. The van der Waals surface area contributed by atoms with Crippen molar-refractivity contribution in [3.63, 3.8) is 0 Å². The number of hydrogen-bond donors (Lipinski definition) is 1. The Balaban J connectivity index is 2.06. The summed E-state index contributed by atoms with van der Waals surface area (Å²) in [5.41, 5.74) is 8.01. The topological polar surface area (TPSA) is 26.0 Å². The van der Waals surface area contributed by atoms with Gasteiger partial charge in [-0.3, -0.25) is 0 Å². The number of benzene rings is 1. The lowest BCUT2D eigenvalue weighted by Crippen LogP contribution is -2.28. The van der Waals surface area contributed by atoms with Crippen LogP contribution < -0.4 is 5.73 Å². The van der Waals surface area contributed by atoms with Gasteiger partial charge in [0.15, 0.2) is 0 Å². The third-order valence-corrected chi connectivity index (χ3v) is 5.08. The molecule has 1 atom stereocenters. The normalized spacial score (nSPS) is 27.4. The number of fused-ring (bicyclic) bond motifs is 1. The summed E-state index contributed by atoms with van der Waals surface area (Å²) in [6.07, 6.45) is 2.77. The molecular weight excluding hydrogens is 190 g/mol. The van der Waals surface area contributed by atoms with Crippen LogP contribution in [0, 0.1) is 5.41 Å². The van der Waals surface area contributed by atoms with Crippen molar-refractivity contribution in [3.8, 4) is 0 Å². The van der Waals surface area contributed by atoms with Crippen molar-refractivity contribution in [2.45, 2.75) is 23.7 Å². The molecule has 2 N–H and O–H groups in total. The highest BCUT2D eigenvalue weighted by atomic mass is 32.2. The van der Waals surface area contributed by atoms with Crippen molar-refractivity contribution in [2.24, 2.45) is 11.1 Å². The molecule has 74 valence electrons. The average Bonchev–Trinajstić information content (AvgIpc) is 2.99. The van der Waals surface area contributed by atoms with Gasteiger partial charge in [-0.1, -0.05) is 18.2 Å². The van der Waals surface area contributed by atoms with Crippen molar-refractivity contribution in [2.75, 3.05) is 12.3 Å². The highest BCUT2D eigenvalue weighted by molar-refractivity contribution is 7.99. The Morgan fingerprint density at radius 1 is 1.36 bits per heavy atom. The predicted octanol–water partition coefficient (Wildman–Crippen LogP) is 2.61. The second kappa shape index (κ2) is 3.01. The Labute approximate surface area is 89.1 Å². The number of hydrogen-bond acceptors (Lipinski definition) is 2. The zero-order valence-corrected chi connectivity index (χ0v) is 9.02. The van der Waals surface area contributed by atoms with E-state index in [9.17, 15) is 0 Å². The van der Waals surface area contributed by atoms with Gasteiger partial charge in [0.2, 0.25) is 0 Å². The van der Waals surface area contributed by atoms with Gasteiger partial charge in [0.05, 0.1) is 0 Å². The second-order valence-corrected chi connectivity index (χ2v) is 5.49. The molecule has 2 aliphatic rings. The summed E-state index contributed by atoms with van der Waals surface area (Å²) >= 11 is 2.02. The van der Waals surface area contributed by atoms with Gasteiger partial charge >= 0.3 is 0 Å². The van der Waals surface area contributed by atoms with Crippen molar-refractivity contribution < 1.29 is 0 Å². The van der Waals surface area contributed by atoms with Crippen LogP contribution in [-0.2, 0) is 0 Å². The minimum atomic E-state index is 0.577. The Kier molecular flexibility index (Phi) is 1.89. The Morgan fingerprint density at radius 2 is 2.14 bits per heavy atom. The monoisotopic (exact) mass is 205 g/mol. The van der Waals surface area contributed by atoms with Crippen LogP contribution in [0.15, 0.2) is 29.2 Å². The molecule has 0 radical (unpaired) electrons. The summed E-state index contributed by atoms with van der Waals surface area (Å²) in [5.74, 6) is 1.91. The van der Waals surface area contributed by atoms with Gasteiger partial charge in [-0.2, -0.15) is 0 Å². The Bertz CT molecular complexity index is 357. The molecule has 14 heavy (non-hydrogen) atoms. The van der Waals surface area contributed by atoms with E-state index in [0.29, 0.717) is 11.3 Å². The highest BCUT2D eigenvalue weighted by Gasteiger charge is 2.51. The molecular formula is C12H15NS. The van der Waals surface area contributed by atoms with Gasteiger partial charge in [-0.05, 0) is 36.4 Å². The van der Waals surface area contributed by atoms with Crippen LogP contribution >= 0.6 is 11.8 Å². The van der Waals surface area contributed by atoms with Gasteiger partial charge < -0.3 is 5.73 Å². The molecule has 1 saturated carbocycles. The van der Waals surface area contributed by atoms with Crippen LogP contribution in [-0.4, -0.2) is 12.3 Å². The molecule has 1 nitrogen and oxygen atoms in total. The van der Waals surface area contributed by atoms with Gasteiger partial charge in [-0.25, -0.2) is 0 Å². The molecule has 3 rings (SSSR count). The second-order valence-electron chi connectivity index (χ2n) is 4.48. The van der Waals surface area contributed by atoms with Crippen molar-refractivity contribution in [3.05, 3.63) is 29.8 Å². The summed E-state index contributed by atoms with van der Waals surface area (Å²) in [4.78, 5) is 1.46. The first-order valence-corrected chi connectivity index (χ1v) is 6.26. The van der Waals surface area contributed by atoms with E-state index in [1.165, 1.54) is 29.1 Å². The number of nitrogens with two attached hydrogens (primary N) is 1. The van der Waals surface area contributed by atoms with E-state index in [1.54, 1.807) is 0 Å². The van der Waals surface area contributed by atoms with Gasteiger partial charge in [0, 0.05) is 16.6 Å². The smallest absolute Gasteiger partial charge is 0.0108 e. The first-order chi connectivity index (χ1) is 6.86. The maximum absolute atomic E-state index is 5.92. The molecule has 0 aromatic heterocycles. The third-order valence-electron chi connectivity index (χ3n) is 3.68.